The van der Waals surface area contributed by atoms with E-state index in [2.05, 4.69) is 21.2 Å². The van der Waals surface area contributed by atoms with Crippen molar-refractivity contribution in [3.05, 3.63) is 74.6 Å². The van der Waals surface area contributed by atoms with Crippen LogP contribution in [0.1, 0.15) is 16.1 Å². The second kappa shape index (κ2) is 7.21. The van der Waals surface area contributed by atoms with Gasteiger partial charge in [-0.3, -0.25) is 14.3 Å². The van der Waals surface area contributed by atoms with E-state index in [1.807, 2.05) is 30.3 Å². The Labute approximate surface area is 159 Å². The molecule has 7 heteroatoms. The molecule has 0 aliphatic heterocycles. The highest BCUT2D eigenvalue weighted by Crippen LogP contribution is 2.24. The van der Waals surface area contributed by atoms with Gasteiger partial charge < -0.3 is 10.1 Å². The van der Waals surface area contributed by atoms with Crippen LogP contribution in [0.15, 0.2) is 57.8 Å². The monoisotopic (exact) mass is 415 g/mol. The lowest BCUT2D eigenvalue weighted by molar-refractivity contribution is 0.102. The lowest BCUT2D eigenvalue weighted by Gasteiger charge is -2.09. The number of rotatable bonds is 4. The Balaban J connectivity index is 2.03. The van der Waals surface area contributed by atoms with E-state index >= 15 is 0 Å². The molecule has 0 aliphatic carbocycles. The summed E-state index contributed by atoms with van der Waals surface area (Å²) in [6.45, 7) is 1.79. The summed E-state index contributed by atoms with van der Waals surface area (Å²) in [5.74, 6) is 0.0248. The van der Waals surface area contributed by atoms with Gasteiger partial charge >= 0.3 is 0 Å². The Hall–Kier alpha value is -2.80. The molecule has 0 bridgehead atoms. The predicted octanol–water partition coefficient (Wildman–Crippen LogP) is 3.51. The van der Waals surface area contributed by atoms with Crippen LogP contribution in [-0.4, -0.2) is 22.4 Å². The van der Waals surface area contributed by atoms with Crippen molar-refractivity contribution in [1.82, 2.24) is 9.36 Å². The largest absolute Gasteiger partial charge is 0.496 e. The summed E-state index contributed by atoms with van der Waals surface area (Å²) >= 11 is 3.35. The molecular weight excluding hydrogens is 398 g/mol. The van der Waals surface area contributed by atoms with Gasteiger partial charge in [0.15, 0.2) is 0 Å². The fourth-order valence-corrected chi connectivity index (χ4v) is 3.11. The van der Waals surface area contributed by atoms with Crippen LogP contribution in [0.25, 0.3) is 5.69 Å². The maximum absolute atomic E-state index is 12.9. The SMILES string of the molecule is COc1ccc(Br)cc1C(=O)Nc1c(C)n(C)n(-c2ccccc2)c1=O. The molecule has 0 radical (unpaired) electrons. The highest BCUT2D eigenvalue weighted by atomic mass is 79.9. The van der Waals surface area contributed by atoms with Crippen LogP contribution >= 0.6 is 15.9 Å². The van der Waals surface area contributed by atoms with Gasteiger partial charge in [0, 0.05) is 11.5 Å². The normalized spacial score (nSPS) is 10.6. The first-order chi connectivity index (χ1) is 12.4. The Morgan fingerprint density at radius 1 is 1.15 bits per heavy atom. The fourth-order valence-electron chi connectivity index (χ4n) is 2.75. The molecule has 3 rings (SSSR count). The molecule has 0 fully saturated rings. The maximum Gasteiger partial charge on any atom is 0.295 e. The summed E-state index contributed by atoms with van der Waals surface area (Å²) in [6.07, 6.45) is 0. The summed E-state index contributed by atoms with van der Waals surface area (Å²) in [7, 11) is 3.27. The molecule has 0 saturated carbocycles. The van der Waals surface area contributed by atoms with Crippen molar-refractivity contribution < 1.29 is 9.53 Å². The molecule has 3 aromatic rings. The number of halogens is 1. The van der Waals surface area contributed by atoms with Crippen molar-refractivity contribution in [2.45, 2.75) is 6.92 Å². The van der Waals surface area contributed by atoms with Gasteiger partial charge in [0.1, 0.15) is 11.4 Å². The standard InChI is InChI=1S/C19H18BrN3O3/c1-12-17(19(25)23(22(12)2)14-7-5-4-6-8-14)21-18(24)15-11-13(20)9-10-16(15)26-3/h4-11H,1-3H3,(H,21,24). The van der Waals surface area contributed by atoms with E-state index in [1.54, 1.807) is 36.9 Å². The zero-order chi connectivity index (χ0) is 18.8. The smallest absolute Gasteiger partial charge is 0.295 e. The van der Waals surface area contributed by atoms with E-state index in [1.165, 1.54) is 11.8 Å². The van der Waals surface area contributed by atoms with E-state index in [0.717, 1.165) is 10.2 Å². The van der Waals surface area contributed by atoms with Crippen molar-refractivity contribution in [2.75, 3.05) is 12.4 Å². The third-order valence-corrected chi connectivity index (χ3v) is 4.69. The minimum absolute atomic E-state index is 0.239. The average molecular weight is 416 g/mol. The maximum atomic E-state index is 12.9. The lowest BCUT2D eigenvalue weighted by Crippen LogP contribution is -2.23. The number of benzene rings is 2. The van der Waals surface area contributed by atoms with Crippen molar-refractivity contribution in [1.29, 1.82) is 0 Å². The zero-order valence-electron chi connectivity index (χ0n) is 14.6. The van der Waals surface area contributed by atoms with Crippen LogP contribution in [0, 0.1) is 6.92 Å². The van der Waals surface area contributed by atoms with E-state index in [0.29, 0.717) is 17.0 Å². The third kappa shape index (κ3) is 3.17. The number of ether oxygens (including phenoxy) is 1. The number of aromatic nitrogens is 2. The van der Waals surface area contributed by atoms with Crippen LogP contribution in [0.2, 0.25) is 0 Å². The molecular formula is C19H18BrN3O3. The van der Waals surface area contributed by atoms with E-state index in [-0.39, 0.29) is 11.2 Å². The summed E-state index contributed by atoms with van der Waals surface area (Å²) in [5, 5.41) is 2.73. The molecule has 1 N–H and O–H groups in total. The number of nitrogens with zero attached hydrogens (tertiary/aromatic N) is 2. The van der Waals surface area contributed by atoms with Gasteiger partial charge in [0.25, 0.3) is 11.5 Å². The third-order valence-electron chi connectivity index (χ3n) is 4.20. The number of amides is 1. The molecule has 0 aliphatic rings. The number of nitrogens with one attached hydrogen (secondary N) is 1. The molecule has 26 heavy (non-hydrogen) atoms. The van der Waals surface area contributed by atoms with Crippen LogP contribution in [0.4, 0.5) is 5.69 Å². The first-order valence-corrected chi connectivity index (χ1v) is 8.72. The first-order valence-electron chi connectivity index (χ1n) is 7.93. The number of carbonyl (C=O) groups is 1. The molecule has 1 amide bonds. The molecule has 1 aromatic heterocycles. The van der Waals surface area contributed by atoms with Gasteiger partial charge in [-0.2, -0.15) is 0 Å². The highest BCUT2D eigenvalue weighted by molar-refractivity contribution is 9.10. The summed E-state index contributed by atoms with van der Waals surface area (Å²) in [6, 6.07) is 14.4. The zero-order valence-corrected chi connectivity index (χ0v) is 16.2. The van der Waals surface area contributed by atoms with Crippen LogP contribution in [-0.2, 0) is 7.05 Å². The Bertz CT molecular complexity index is 1020. The Morgan fingerprint density at radius 3 is 2.50 bits per heavy atom. The van der Waals surface area contributed by atoms with Crippen molar-refractivity contribution in [3.63, 3.8) is 0 Å². The average Bonchev–Trinajstić information content (AvgIpc) is 2.85. The van der Waals surface area contributed by atoms with E-state index < -0.39 is 5.91 Å². The van der Waals surface area contributed by atoms with Gasteiger partial charge in [-0.05, 0) is 37.3 Å². The lowest BCUT2D eigenvalue weighted by atomic mass is 10.2. The van der Waals surface area contributed by atoms with Crippen LogP contribution in [0.5, 0.6) is 5.75 Å². The molecule has 1 heterocycles. The molecule has 134 valence electrons. The topological polar surface area (TPSA) is 65.3 Å². The van der Waals surface area contributed by atoms with Crippen molar-refractivity contribution in [3.8, 4) is 11.4 Å². The minimum Gasteiger partial charge on any atom is -0.496 e. The molecule has 2 aromatic carbocycles. The minimum atomic E-state index is -0.408. The fraction of sp³-hybridized carbons (Fsp3) is 0.158. The second-order valence-corrected chi connectivity index (χ2v) is 6.65. The summed E-state index contributed by atoms with van der Waals surface area (Å²) in [4.78, 5) is 25.6. The number of hydrogen-bond donors (Lipinski definition) is 1. The number of anilines is 1. The van der Waals surface area contributed by atoms with Gasteiger partial charge in [-0.25, -0.2) is 4.68 Å². The van der Waals surface area contributed by atoms with Gasteiger partial charge in [0.05, 0.1) is 24.1 Å². The van der Waals surface area contributed by atoms with Gasteiger partial charge in [-0.15, -0.1) is 0 Å². The predicted molar refractivity (Wildman–Crippen MR) is 104 cm³/mol. The van der Waals surface area contributed by atoms with Crippen LogP contribution in [0.3, 0.4) is 0 Å². The molecule has 0 unspecified atom stereocenters. The first kappa shape index (κ1) is 18.0. The van der Waals surface area contributed by atoms with Gasteiger partial charge in [-0.1, -0.05) is 34.1 Å². The van der Waals surface area contributed by atoms with Crippen LogP contribution < -0.4 is 15.6 Å². The molecule has 0 atom stereocenters. The number of methoxy groups -OCH3 is 1. The Kier molecular flexibility index (Phi) is 4.99. The molecule has 6 nitrogen and oxygen atoms in total. The Morgan fingerprint density at radius 2 is 1.85 bits per heavy atom. The molecule has 0 spiro atoms. The van der Waals surface area contributed by atoms with Gasteiger partial charge in [0.2, 0.25) is 0 Å². The number of hydrogen-bond acceptors (Lipinski definition) is 3. The second-order valence-electron chi connectivity index (χ2n) is 5.74. The highest BCUT2D eigenvalue weighted by Gasteiger charge is 2.20. The van der Waals surface area contributed by atoms with E-state index in [4.69, 9.17) is 4.74 Å². The number of para-hydroxylation sites is 1. The summed E-state index contributed by atoms with van der Waals surface area (Å²) < 4.78 is 9.22. The van der Waals surface area contributed by atoms with Crippen molar-refractivity contribution in [2.24, 2.45) is 7.05 Å². The quantitative estimate of drug-likeness (QED) is 0.708. The van der Waals surface area contributed by atoms with Crippen molar-refractivity contribution >= 4 is 27.5 Å². The summed E-state index contributed by atoms with van der Waals surface area (Å²) in [5.41, 5.74) is 1.67. The number of carbonyl (C=O) groups excluding carboxylic acids is 1. The van der Waals surface area contributed by atoms with E-state index in [9.17, 15) is 9.59 Å². The molecule has 0 saturated heterocycles.